The molecule has 1 aliphatic rings. The van der Waals surface area contributed by atoms with Crippen molar-refractivity contribution in [3.8, 4) is 5.75 Å². The zero-order chi connectivity index (χ0) is 17.2. The van der Waals surface area contributed by atoms with Crippen molar-refractivity contribution < 1.29 is 32.9 Å². The van der Waals surface area contributed by atoms with Crippen LogP contribution in [0.15, 0.2) is 35.8 Å². The molecule has 2 atom stereocenters. The Bertz CT molecular complexity index is 605. The predicted octanol–water partition coefficient (Wildman–Crippen LogP) is 3.60. The van der Waals surface area contributed by atoms with Crippen LogP contribution in [0.5, 0.6) is 5.75 Å². The number of benzene rings is 1. The lowest BCUT2D eigenvalue weighted by Crippen LogP contribution is -2.20. The summed E-state index contributed by atoms with van der Waals surface area (Å²) >= 11 is 0. The van der Waals surface area contributed by atoms with E-state index in [1.807, 2.05) is 0 Å². The van der Waals surface area contributed by atoms with E-state index in [1.54, 1.807) is 6.92 Å². The molecule has 126 valence electrons. The number of aliphatic hydroxyl groups excluding tert-OH is 2. The van der Waals surface area contributed by atoms with Crippen LogP contribution in [0.2, 0.25) is 0 Å². The van der Waals surface area contributed by atoms with E-state index in [2.05, 4.69) is 0 Å². The number of alkyl halides is 3. The van der Waals surface area contributed by atoms with Gasteiger partial charge in [-0.15, -0.1) is 0 Å². The third kappa shape index (κ3) is 4.04. The molecule has 0 spiro atoms. The van der Waals surface area contributed by atoms with Gasteiger partial charge in [-0.25, -0.2) is 0 Å². The van der Waals surface area contributed by atoms with Crippen LogP contribution in [0.4, 0.5) is 13.2 Å². The number of rotatable bonds is 4. The summed E-state index contributed by atoms with van der Waals surface area (Å²) in [5.74, 6) is -0.849. The molecule has 2 rings (SSSR count). The molecule has 23 heavy (non-hydrogen) atoms. The monoisotopic (exact) mass is 330 g/mol. The van der Waals surface area contributed by atoms with Gasteiger partial charge in [-0.1, -0.05) is 6.92 Å². The van der Waals surface area contributed by atoms with Gasteiger partial charge in [0.1, 0.15) is 23.1 Å². The Labute approximate surface area is 131 Å². The number of ether oxygens (including phenoxy) is 1. The van der Waals surface area contributed by atoms with Crippen molar-refractivity contribution in [1.29, 1.82) is 0 Å². The van der Waals surface area contributed by atoms with Crippen LogP contribution in [-0.2, 0) is 11.0 Å². The van der Waals surface area contributed by atoms with Gasteiger partial charge < -0.3 is 14.9 Å². The van der Waals surface area contributed by atoms with Gasteiger partial charge in [0.2, 0.25) is 0 Å². The molecule has 1 saturated carbocycles. The Morgan fingerprint density at radius 2 is 1.87 bits per heavy atom. The zero-order valence-electron chi connectivity index (χ0n) is 12.4. The number of Topliss-reactive ketones (excluding diaryl/α,β-unsaturated/α-hetero) is 1. The average molecular weight is 330 g/mol. The van der Waals surface area contributed by atoms with Gasteiger partial charge in [0, 0.05) is 19.3 Å². The van der Waals surface area contributed by atoms with E-state index >= 15 is 0 Å². The molecule has 2 N–H and O–H groups in total. The lowest BCUT2D eigenvalue weighted by atomic mass is 10.0. The number of halogens is 3. The first-order chi connectivity index (χ1) is 10.7. The van der Waals surface area contributed by atoms with Crippen molar-refractivity contribution in [3.63, 3.8) is 0 Å². The SMILES string of the molecule is CCC(O)=C(Oc1ccc(C(F)(F)F)cc1)[C@@H]1CC(=O)C[C@H]1O. The molecule has 0 radical (unpaired) electrons. The van der Waals surface area contributed by atoms with Crippen LogP contribution >= 0.6 is 0 Å². The maximum atomic E-state index is 12.5. The van der Waals surface area contributed by atoms with E-state index in [-0.39, 0.29) is 42.3 Å². The van der Waals surface area contributed by atoms with E-state index < -0.39 is 23.8 Å². The summed E-state index contributed by atoms with van der Waals surface area (Å²) in [4.78, 5) is 11.4. The minimum Gasteiger partial charge on any atom is -0.509 e. The Morgan fingerprint density at radius 1 is 1.26 bits per heavy atom. The second kappa shape index (κ2) is 6.62. The van der Waals surface area contributed by atoms with Crippen LogP contribution < -0.4 is 4.74 Å². The Hall–Kier alpha value is -2.02. The third-order valence-corrected chi connectivity index (χ3v) is 3.71. The van der Waals surface area contributed by atoms with E-state index in [4.69, 9.17) is 4.74 Å². The summed E-state index contributed by atoms with van der Waals surface area (Å²) in [5.41, 5.74) is -0.814. The maximum absolute atomic E-state index is 12.5. The molecular weight excluding hydrogens is 313 g/mol. The molecule has 7 heteroatoms. The smallest absolute Gasteiger partial charge is 0.416 e. The number of hydrogen-bond donors (Lipinski definition) is 2. The molecular formula is C16H17F3O4. The molecule has 1 fully saturated rings. The molecule has 0 unspecified atom stereocenters. The number of carbonyl (C=O) groups excluding carboxylic acids is 1. The highest BCUT2D eigenvalue weighted by atomic mass is 19.4. The minimum absolute atomic E-state index is 0.0263. The minimum atomic E-state index is -4.45. The van der Waals surface area contributed by atoms with Crippen molar-refractivity contribution >= 4 is 5.78 Å². The quantitative estimate of drug-likeness (QED) is 0.828. The van der Waals surface area contributed by atoms with Crippen LogP contribution in [0.3, 0.4) is 0 Å². The largest absolute Gasteiger partial charge is 0.509 e. The van der Waals surface area contributed by atoms with E-state index in [0.29, 0.717) is 0 Å². The lowest BCUT2D eigenvalue weighted by molar-refractivity contribution is -0.137. The number of carbonyl (C=O) groups is 1. The average Bonchev–Trinajstić information content (AvgIpc) is 2.82. The Kier molecular flexibility index (Phi) is 4.99. The highest BCUT2D eigenvalue weighted by Crippen LogP contribution is 2.35. The van der Waals surface area contributed by atoms with E-state index in [0.717, 1.165) is 24.3 Å². The van der Waals surface area contributed by atoms with Gasteiger partial charge in [-0.2, -0.15) is 13.2 Å². The summed E-state index contributed by atoms with van der Waals surface area (Å²) in [6, 6.07) is 4.00. The molecule has 0 aliphatic heterocycles. The predicted molar refractivity (Wildman–Crippen MR) is 75.8 cm³/mol. The molecule has 0 saturated heterocycles. The highest BCUT2D eigenvalue weighted by molar-refractivity contribution is 5.82. The van der Waals surface area contributed by atoms with Crippen molar-refractivity contribution in [1.82, 2.24) is 0 Å². The van der Waals surface area contributed by atoms with Gasteiger partial charge >= 0.3 is 6.18 Å². The molecule has 0 bridgehead atoms. The van der Waals surface area contributed by atoms with Crippen LogP contribution in [0, 0.1) is 5.92 Å². The summed E-state index contributed by atoms with van der Waals surface area (Å²) in [6.07, 6.45) is -5.20. The van der Waals surface area contributed by atoms with Gasteiger partial charge in [0.25, 0.3) is 0 Å². The summed E-state index contributed by atoms with van der Waals surface area (Å²) in [6.45, 7) is 1.66. The summed E-state index contributed by atoms with van der Waals surface area (Å²) in [7, 11) is 0. The standard InChI is InChI=1S/C16H17F3O4/c1-2-13(21)15(12-7-10(20)8-14(12)22)23-11-5-3-9(4-6-11)16(17,18)19/h3-6,12,14,21-22H,2,7-8H2,1H3/t12-,14-/m1/s1. The summed E-state index contributed by atoms with van der Waals surface area (Å²) in [5, 5.41) is 19.9. The van der Waals surface area contributed by atoms with Crippen LogP contribution in [0.1, 0.15) is 31.7 Å². The second-order valence-corrected chi connectivity index (χ2v) is 5.41. The fraction of sp³-hybridized carbons (Fsp3) is 0.438. The van der Waals surface area contributed by atoms with Crippen molar-refractivity contribution in [2.45, 2.75) is 38.5 Å². The van der Waals surface area contributed by atoms with Crippen molar-refractivity contribution in [2.75, 3.05) is 0 Å². The summed E-state index contributed by atoms with van der Waals surface area (Å²) < 4.78 is 43.1. The molecule has 1 aromatic carbocycles. The van der Waals surface area contributed by atoms with Gasteiger partial charge in [-0.05, 0) is 24.3 Å². The molecule has 1 aliphatic carbocycles. The number of aliphatic hydroxyl groups is 2. The molecule has 0 amide bonds. The zero-order valence-corrected chi connectivity index (χ0v) is 12.4. The molecule has 0 aromatic heterocycles. The normalized spacial score (nSPS) is 22.9. The molecule has 4 nitrogen and oxygen atoms in total. The Balaban J connectivity index is 2.24. The van der Waals surface area contributed by atoms with Gasteiger partial charge in [-0.3, -0.25) is 4.79 Å². The number of allylic oxidation sites excluding steroid dienone is 1. The first-order valence-corrected chi connectivity index (χ1v) is 7.19. The number of hydrogen-bond acceptors (Lipinski definition) is 4. The second-order valence-electron chi connectivity index (χ2n) is 5.41. The van der Waals surface area contributed by atoms with Gasteiger partial charge in [0.15, 0.2) is 0 Å². The molecule has 1 aromatic rings. The van der Waals surface area contributed by atoms with Crippen LogP contribution in [-0.4, -0.2) is 22.1 Å². The van der Waals surface area contributed by atoms with Crippen molar-refractivity contribution in [2.24, 2.45) is 5.92 Å². The van der Waals surface area contributed by atoms with E-state index in [1.165, 1.54) is 0 Å². The topological polar surface area (TPSA) is 66.8 Å². The van der Waals surface area contributed by atoms with Crippen molar-refractivity contribution in [3.05, 3.63) is 41.3 Å². The van der Waals surface area contributed by atoms with E-state index in [9.17, 15) is 28.2 Å². The Morgan fingerprint density at radius 3 is 2.30 bits per heavy atom. The molecule has 0 heterocycles. The van der Waals surface area contributed by atoms with Crippen LogP contribution in [0.25, 0.3) is 0 Å². The first kappa shape index (κ1) is 17.3. The fourth-order valence-electron chi connectivity index (χ4n) is 2.47. The first-order valence-electron chi connectivity index (χ1n) is 7.19. The maximum Gasteiger partial charge on any atom is 0.416 e. The third-order valence-electron chi connectivity index (χ3n) is 3.71. The number of ketones is 1. The highest BCUT2D eigenvalue weighted by Gasteiger charge is 2.37. The lowest BCUT2D eigenvalue weighted by Gasteiger charge is -2.20. The fourth-order valence-corrected chi connectivity index (χ4v) is 2.47. The van der Waals surface area contributed by atoms with Gasteiger partial charge in [0.05, 0.1) is 17.6 Å².